The quantitative estimate of drug-likeness (QED) is 0.382. The minimum Gasteiger partial charge on any atom is -0.709 e. The zero-order valence-corrected chi connectivity index (χ0v) is 6.82. The van der Waals surface area contributed by atoms with E-state index in [2.05, 4.69) is 5.43 Å². The van der Waals surface area contributed by atoms with Gasteiger partial charge in [-0.15, -0.1) is 0 Å². The standard InChI is InChI=1S/C5H13N3OS/c1-7-4-8(2-3-9)5(10)6-7/h5-6,9-10H,2-4H2,1H3. The molecule has 3 N–H and O–H groups in total. The third kappa shape index (κ3) is 1.83. The lowest BCUT2D eigenvalue weighted by molar-refractivity contribution is -0.903. The zero-order valence-electron chi connectivity index (χ0n) is 6.00. The molecule has 0 bridgehead atoms. The van der Waals surface area contributed by atoms with Gasteiger partial charge in [0.25, 0.3) is 0 Å². The average molecular weight is 163 g/mol. The van der Waals surface area contributed by atoms with Gasteiger partial charge in [-0.05, 0) is 0 Å². The number of nitrogens with one attached hydrogen (secondary N) is 2. The fourth-order valence-electron chi connectivity index (χ4n) is 1.08. The molecule has 4 nitrogen and oxygen atoms in total. The number of hydrazine groups is 1. The van der Waals surface area contributed by atoms with Crippen molar-refractivity contribution in [3.63, 3.8) is 0 Å². The summed E-state index contributed by atoms with van der Waals surface area (Å²) in [6, 6.07) is 0. The highest BCUT2D eigenvalue weighted by Gasteiger charge is 2.20. The van der Waals surface area contributed by atoms with Crippen LogP contribution in [0.3, 0.4) is 0 Å². The van der Waals surface area contributed by atoms with E-state index >= 15 is 0 Å². The number of nitrogens with zero attached hydrogens (tertiary/aromatic N) is 1. The summed E-state index contributed by atoms with van der Waals surface area (Å²) in [6.07, 6.45) is 0. The topological polar surface area (TPSA) is 39.9 Å². The van der Waals surface area contributed by atoms with Crippen molar-refractivity contribution in [3.8, 4) is 0 Å². The Kier molecular flexibility index (Phi) is 2.94. The summed E-state index contributed by atoms with van der Waals surface area (Å²) < 4.78 is 0. The third-order valence-corrected chi connectivity index (χ3v) is 2.02. The normalized spacial score (nSPS) is 35.1. The van der Waals surface area contributed by atoms with Crippen LogP contribution in [0, 0.1) is 0 Å². The summed E-state index contributed by atoms with van der Waals surface area (Å²) in [5, 5.41) is 10.6. The van der Waals surface area contributed by atoms with Crippen LogP contribution in [0.15, 0.2) is 0 Å². The summed E-state index contributed by atoms with van der Waals surface area (Å²) in [4.78, 5) is 1.21. The van der Waals surface area contributed by atoms with Crippen molar-refractivity contribution < 1.29 is 10.0 Å². The van der Waals surface area contributed by atoms with E-state index < -0.39 is 0 Å². The average Bonchev–Trinajstić information content (AvgIpc) is 2.13. The van der Waals surface area contributed by atoms with Crippen LogP contribution in [-0.4, -0.2) is 42.5 Å². The highest BCUT2D eigenvalue weighted by atomic mass is 32.1. The SMILES string of the molecule is CN1C[NH+](CCO)C([S-])N1. The molecule has 1 saturated heterocycles. The van der Waals surface area contributed by atoms with Crippen LogP contribution in [0.4, 0.5) is 0 Å². The lowest BCUT2D eigenvalue weighted by Crippen LogP contribution is -3.15. The molecule has 1 fully saturated rings. The first kappa shape index (κ1) is 8.29. The first-order valence-electron chi connectivity index (χ1n) is 3.32. The summed E-state index contributed by atoms with van der Waals surface area (Å²) in [5.41, 5.74) is 3.08. The molecule has 1 aliphatic rings. The van der Waals surface area contributed by atoms with Crippen molar-refractivity contribution in [2.24, 2.45) is 0 Å². The van der Waals surface area contributed by atoms with E-state index in [-0.39, 0.29) is 12.1 Å². The maximum atomic E-state index is 8.62. The molecular weight excluding hydrogens is 150 g/mol. The molecule has 2 unspecified atom stereocenters. The van der Waals surface area contributed by atoms with Crippen LogP contribution < -0.4 is 10.3 Å². The Morgan fingerprint density at radius 1 is 1.90 bits per heavy atom. The lowest BCUT2D eigenvalue weighted by atomic mass is 10.6. The van der Waals surface area contributed by atoms with E-state index in [4.69, 9.17) is 17.7 Å². The first-order chi connectivity index (χ1) is 4.74. The number of aliphatic hydroxyl groups excluding tert-OH is 1. The van der Waals surface area contributed by atoms with Gasteiger partial charge in [0.15, 0.2) is 0 Å². The number of hydrogen-bond acceptors (Lipinski definition) is 4. The van der Waals surface area contributed by atoms with Crippen molar-refractivity contribution in [2.45, 2.75) is 5.50 Å². The monoisotopic (exact) mass is 163 g/mol. The molecule has 0 spiro atoms. The van der Waals surface area contributed by atoms with Crippen LogP contribution in [0.25, 0.3) is 0 Å². The van der Waals surface area contributed by atoms with Crippen LogP contribution >= 0.6 is 0 Å². The molecule has 0 amide bonds. The minimum absolute atomic E-state index is 0.0251. The number of aliphatic hydroxyl groups is 1. The van der Waals surface area contributed by atoms with Gasteiger partial charge in [0.05, 0.1) is 6.61 Å². The second-order valence-corrected chi connectivity index (χ2v) is 2.97. The molecule has 0 aromatic rings. The molecule has 0 saturated carbocycles. The Morgan fingerprint density at radius 2 is 2.60 bits per heavy atom. The Labute approximate surface area is 66.2 Å². The Balaban J connectivity index is 2.31. The molecule has 10 heavy (non-hydrogen) atoms. The Hall–Kier alpha value is 0.190. The minimum atomic E-state index is 0.0251. The van der Waals surface area contributed by atoms with Crippen LogP contribution in [0.1, 0.15) is 0 Å². The molecule has 0 radical (unpaired) electrons. The van der Waals surface area contributed by atoms with Crippen molar-refractivity contribution >= 4 is 12.6 Å². The summed E-state index contributed by atoms with van der Waals surface area (Å²) in [6.45, 7) is 1.80. The maximum absolute atomic E-state index is 8.62. The number of quaternary nitrogens is 1. The van der Waals surface area contributed by atoms with E-state index in [9.17, 15) is 0 Å². The molecule has 0 aromatic carbocycles. The van der Waals surface area contributed by atoms with E-state index in [1.807, 2.05) is 12.1 Å². The van der Waals surface area contributed by atoms with Gasteiger partial charge in [-0.1, -0.05) is 0 Å². The van der Waals surface area contributed by atoms with Gasteiger partial charge in [0, 0.05) is 12.5 Å². The van der Waals surface area contributed by atoms with Gasteiger partial charge in [-0.3, -0.25) is 0 Å². The van der Waals surface area contributed by atoms with Gasteiger partial charge in [0.1, 0.15) is 13.2 Å². The fraction of sp³-hybridized carbons (Fsp3) is 1.00. The summed E-state index contributed by atoms with van der Waals surface area (Å²) in [7, 11) is 1.95. The van der Waals surface area contributed by atoms with Crippen LogP contribution in [-0.2, 0) is 12.6 Å². The van der Waals surface area contributed by atoms with Gasteiger partial charge < -0.3 is 22.6 Å². The number of hydrogen-bond donors (Lipinski definition) is 3. The molecule has 1 rings (SSSR count). The third-order valence-electron chi connectivity index (χ3n) is 1.58. The van der Waals surface area contributed by atoms with Gasteiger partial charge in [0.2, 0.25) is 0 Å². The number of rotatable bonds is 2. The van der Waals surface area contributed by atoms with Crippen LogP contribution in [0.2, 0.25) is 0 Å². The van der Waals surface area contributed by atoms with E-state index in [1.165, 1.54) is 4.90 Å². The predicted octanol–water partition coefficient (Wildman–Crippen LogP) is -2.90. The van der Waals surface area contributed by atoms with Gasteiger partial charge >= 0.3 is 0 Å². The highest BCUT2D eigenvalue weighted by molar-refractivity contribution is 7.59. The smallest absolute Gasteiger partial charge is 0.145 e. The zero-order chi connectivity index (χ0) is 7.56. The van der Waals surface area contributed by atoms with Gasteiger partial charge in [-0.25, -0.2) is 5.43 Å². The van der Waals surface area contributed by atoms with Gasteiger partial charge in [-0.2, -0.15) is 5.01 Å². The van der Waals surface area contributed by atoms with E-state index in [1.54, 1.807) is 0 Å². The molecule has 0 aliphatic carbocycles. The molecule has 2 atom stereocenters. The summed E-state index contributed by atoms with van der Waals surface area (Å²) in [5.74, 6) is 0. The second-order valence-electron chi connectivity index (χ2n) is 2.50. The highest BCUT2D eigenvalue weighted by Crippen LogP contribution is 1.79. The molecule has 5 heteroatoms. The first-order valence-corrected chi connectivity index (χ1v) is 3.79. The lowest BCUT2D eigenvalue weighted by Gasteiger charge is -2.22. The Morgan fingerprint density at radius 3 is 3.00 bits per heavy atom. The predicted molar refractivity (Wildman–Crippen MR) is 39.8 cm³/mol. The maximum Gasteiger partial charge on any atom is 0.145 e. The van der Waals surface area contributed by atoms with Crippen molar-refractivity contribution in [1.29, 1.82) is 0 Å². The largest absolute Gasteiger partial charge is 0.709 e. The van der Waals surface area contributed by atoms with Crippen LogP contribution in [0.5, 0.6) is 0 Å². The van der Waals surface area contributed by atoms with E-state index in [0.29, 0.717) is 0 Å². The van der Waals surface area contributed by atoms with Crippen molar-refractivity contribution in [1.82, 2.24) is 10.4 Å². The fourth-order valence-corrected chi connectivity index (χ4v) is 1.45. The molecular formula is C5H13N3OS. The molecule has 60 valence electrons. The van der Waals surface area contributed by atoms with Crippen molar-refractivity contribution in [2.75, 3.05) is 26.9 Å². The molecule has 1 heterocycles. The Bertz CT molecular complexity index is 113. The van der Waals surface area contributed by atoms with E-state index in [0.717, 1.165) is 13.2 Å². The molecule has 0 aromatic heterocycles. The second kappa shape index (κ2) is 3.54. The molecule has 1 aliphatic heterocycles. The summed E-state index contributed by atoms with van der Waals surface area (Å²) >= 11 is 5.07. The van der Waals surface area contributed by atoms with Crippen molar-refractivity contribution in [3.05, 3.63) is 0 Å².